The number of nitrogens with zero attached hydrogens (tertiary/aromatic N) is 1. The molecule has 0 atom stereocenters. The van der Waals surface area contributed by atoms with Crippen LogP contribution in [0.4, 0.5) is 13.2 Å². The number of halogens is 4. The third-order valence-corrected chi connectivity index (χ3v) is 3.90. The molecule has 0 bridgehead atoms. The summed E-state index contributed by atoms with van der Waals surface area (Å²) >= 11 is 6.02. The summed E-state index contributed by atoms with van der Waals surface area (Å²) < 4.78 is 44.9. The van der Waals surface area contributed by atoms with E-state index < -0.39 is 35.6 Å². The van der Waals surface area contributed by atoms with Gasteiger partial charge in [-0.05, 0) is 18.2 Å². The average Bonchev–Trinajstić information content (AvgIpc) is 2.55. The molecule has 1 heterocycles. The molecule has 2 rings (SSSR count). The number of primary amides is 1. The Kier molecular flexibility index (Phi) is 5.93. The lowest BCUT2D eigenvalue weighted by Crippen LogP contribution is -2.27. The number of carbonyl (C=O) groups is 1. The number of benzene rings is 1. The first kappa shape index (κ1) is 21.2. The van der Waals surface area contributed by atoms with Gasteiger partial charge in [-0.1, -0.05) is 11.6 Å². The number of nitrogens with two attached hydrogens (primary N) is 1. The fourth-order valence-corrected chi connectivity index (χ4v) is 2.61. The quantitative estimate of drug-likeness (QED) is 0.525. The predicted molar refractivity (Wildman–Crippen MR) is 96.9 cm³/mol. The van der Waals surface area contributed by atoms with Crippen LogP contribution in [-0.4, -0.2) is 22.3 Å². The smallest absolute Gasteiger partial charge is 0.416 e. The molecule has 0 saturated heterocycles. The van der Waals surface area contributed by atoms with Gasteiger partial charge in [0.05, 0.1) is 11.1 Å². The maximum absolute atomic E-state index is 13.1. The van der Waals surface area contributed by atoms with Gasteiger partial charge in [-0.15, -0.1) is 0 Å². The number of carbonyl (C=O) groups excluding carboxylic acids is 1. The molecular formula is C17H14ClF3N4O3. The molecule has 4 N–H and O–H groups in total. The molecule has 0 unspecified atom stereocenters. The molecule has 7 nitrogen and oxygen atoms in total. The Morgan fingerprint density at radius 1 is 1.25 bits per heavy atom. The lowest BCUT2D eigenvalue weighted by molar-refractivity contribution is -0.137. The van der Waals surface area contributed by atoms with E-state index in [9.17, 15) is 22.8 Å². The highest BCUT2D eigenvalue weighted by atomic mass is 35.5. The van der Waals surface area contributed by atoms with Gasteiger partial charge >= 0.3 is 6.18 Å². The van der Waals surface area contributed by atoms with Gasteiger partial charge in [0, 0.05) is 35.3 Å². The van der Waals surface area contributed by atoms with Crippen LogP contribution in [0.1, 0.15) is 22.8 Å². The van der Waals surface area contributed by atoms with Crippen molar-refractivity contribution in [3.8, 4) is 11.1 Å². The van der Waals surface area contributed by atoms with Crippen LogP contribution in [0.25, 0.3) is 11.1 Å². The molecule has 0 aliphatic carbocycles. The van der Waals surface area contributed by atoms with Gasteiger partial charge in [-0.3, -0.25) is 20.4 Å². The van der Waals surface area contributed by atoms with Crippen molar-refractivity contribution in [3.05, 3.63) is 57.0 Å². The summed E-state index contributed by atoms with van der Waals surface area (Å²) in [5, 5.41) is 14.7. The molecule has 0 fully saturated rings. The van der Waals surface area contributed by atoms with Crippen molar-refractivity contribution in [2.75, 3.05) is 0 Å². The van der Waals surface area contributed by atoms with Crippen LogP contribution in [0.15, 0.2) is 35.3 Å². The molecule has 0 spiro atoms. The van der Waals surface area contributed by atoms with E-state index in [1.807, 2.05) is 0 Å². The van der Waals surface area contributed by atoms with E-state index in [0.717, 1.165) is 35.0 Å². The first-order chi connectivity index (χ1) is 12.9. The van der Waals surface area contributed by atoms with Gasteiger partial charge < -0.3 is 15.0 Å². The van der Waals surface area contributed by atoms with Crippen LogP contribution < -0.4 is 11.3 Å². The van der Waals surface area contributed by atoms with E-state index in [4.69, 9.17) is 32.9 Å². The first-order valence-electron chi connectivity index (χ1n) is 7.62. The van der Waals surface area contributed by atoms with Crippen LogP contribution in [0.5, 0.6) is 0 Å². The Morgan fingerprint density at radius 2 is 1.89 bits per heavy atom. The molecule has 0 aliphatic heterocycles. The molecule has 28 heavy (non-hydrogen) atoms. The number of nitrogens with one attached hydrogen (secondary N) is 2. The highest BCUT2D eigenvalue weighted by Crippen LogP contribution is 2.36. The van der Waals surface area contributed by atoms with Gasteiger partial charge in [0.2, 0.25) is 11.8 Å². The molecular weight excluding hydrogens is 401 g/mol. The zero-order valence-corrected chi connectivity index (χ0v) is 15.1. The number of aromatic nitrogens is 1. The van der Waals surface area contributed by atoms with E-state index in [-0.39, 0.29) is 27.6 Å². The van der Waals surface area contributed by atoms with Crippen molar-refractivity contribution in [1.29, 1.82) is 10.8 Å². The number of ether oxygens (including phenoxy) is 1. The van der Waals surface area contributed by atoms with E-state index >= 15 is 0 Å². The van der Waals surface area contributed by atoms with Gasteiger partial charge in [-0.25, -0.2) is 0 Å². The second kappa shape index (κ2) is 7.85. The highest BCUT2D eigenvalue weighted by Gasteiger charge is 2.31. The Labute approximate surface area is 161 Å². The Hall–Kier alpha value is -3.14. The molecule has 2 aromatic rings. The Morgan fingerprint density at radius 3 is 2.43 bits per heavy atom. The number of alkyl halides is 3. The Balaban J connectivity index is 2.67. The largest absolute Gasteiger partial charge is 0.428 e. The van der Waals surface area contributed by atoms with E-state index in [1.165, 1.54) is 6.92 Å². The van der Waals surface area contributed by atoms with Crippen molar-refractivity contribution >= 4 is 29.3 Å². The van der Waals surface area contributed by atoms with Crippen LogP contribution in [0.2, 0.25) is 5.02 Å². The minimum absolute atomic E-state index is 0.0950. The standard InChI is InChI=1S/C17H14ClF3N4O3/c1-8(22)28-14(23)7-25-6-12(11(16(24)27)5-15(25)26)10-4-9(17(19,20)21)2-3-13(10)18/h2-6,22-23H,7H2,1H3,(H2,24,27). The van der Waals surface area contributed by atoms with E-state index in [2.05, 4.69) is 0 Å². The summed E-state index contributed by atoms with van der Waals surface area (Å²) in [6, 6.07) is 3.38. The second-order valence-corrected chi connectivity index (χ2v) is 6.11. The van der Waals surface area contributed by atoms with Crippen molar-refractivity contribution in [2.45, 2.75) is 19.6 Å². The minimum Gasteiger partial charge on any atom is -0.428 e. The van der Waals surface area contributed by atoms with Crippen molar-refractivity contribution in [3.63, 3.8) is 0 Å². The van der Waals surface area contributed by atoms with Crippen LogP contribution >= 0.6 is 11.6 Å². The van der Waals surface area contributed by atoms with Gasteiger partial charge in [-0.2, -0.15) is 13.2 Å². The molecule has 1 aromatic carbocycles. The van der Waals surface area contributed by atoms with Gasteiger partial charge in [0.25, 0.3) is 5.56 Å². The third-order valence-electron chi connectivity index (χ3n) is 3.57. The maximum atomic E-state index is 13.1. The summed E-state index contributed by atoms with van der Waals surface area (Å²) in [6.45, 7) is 0.860. The number of hydrogen-bond acceptors (Lipinski definition) is 5. The summed E-state index contributed by atoms with van der Waals surface area (Å²) in [6.07, 6.45) is -3.58. The van der Waals surface area contributed by atoms with Crippen molar-refractivity contribution in [1.82, 2.24) is 4.57 Å². The SMILES string of the molecule is CC(=N)OC(=N)Cn1cc(-c2cc(C(F)(F)F)ccc2Cl)c(C(N)=O)cc1=O. The summed E-state index contributed by atoms with van der Waals surface area (Å²) in [7, 11) is 0. The monoisotopic (exact) mass is 414 g/mol. The molecule has 1 aromatic heterocycles. The van der Waals surface area contributed by atoms with E-state index in [1.54, 1.807) is 0 Å². The highest BCUT2D eigenvalue weighted by molar-refractivity contribution is 6.33. The first-order valence-corrected chi connectivity index (χ1v) is 7.99. The number of pyridine rings is 1. The average molecular weight is 415 g/mol. The lowest BCUT2D eigenvalue weighted by Gasteiger charge is -2.15. The predicted octanol–water partition coefficient (Wildman–Crippen LogP) is 3.28. The topological polar surface area (TPSA) is 122 Å². The zero-order valence-electron chi connectivity index (χ0n) is 14.4. The van der Waals surface area contributed by atoms with E-state index in [0.29, 0.717) is 0 Å². The fraction of sp³-hybridized carbons (Fsp3) is 0.176. The van der Waals surface area contributed by atoms with Crippen LogP contribution in [0, 0.1) is 10.8 Å². The molecule has 0 saturated carbocycles. The summed E-state index contributed by atoms with van der Waals surface area (Å²) in [5.41, 5.74) is 2.93. The Bertz CT molecular complexity index is 1030. The normalized spacial score (nSPS) is 11.2. The summed E-state index contributed by atoms with van der Waals surface area (Å²) in [4.78, 5) is 23.9. The molecule has 11 heteroatoms. The molecule has 1 amide bonds. The number of rotatable bonds is 4. The third kappa shape index (κ3) is 4.77. The fourth-order valence-electron chi connectivity index (χ4n) is 2.39. The summed E-state index contributed by atoms with van der Waals surface area (Å²) in [5.74, 6) is -1.77. The van der Waals surface area contributed by atoms with Gasteiger partial charge in [0.15, 0.2) is 5.90 Å². The van der Waals surface area contributed by atoms with Crippen molar-refractivity contribution in [2.24, 2.45) is 5.73 Å². The minimum atomic E-state index is -4.65. The molecule has 148 valence electrons. The van der Waals surface area contributed by atoms with Gasteiger partial charge in [0.1, 0.15) is 6.54 Å². The van der Waals surface area contributed by atoms with Crippen molar-refractivity contribution < 1.29 is 22.7 Å². The molecule has 0 radical (unpaired) electrons. The number of hydrogen-bond donors (Lipinski definition) is 3. The number of amides is 1. The van der Waals surface area contributed by atoms with Crippen LogP contribution in [0.3, 0.4) is 0 Å². The molecule has 0 aliphatic rings. The lowest BCUT2D eigenvalue weighted by atomic mass is 9.99. The zero-order chi connectivity index (χ0) is 21.2. The maximum Gasteiger partial charge on any atom is 0.416 e. The second-order valence-electron chi connectivity index (χ2n) is 5.70. The van der Waals surface area contributed by atoms with Crippen LogP contribution in [-0.2, 0) is 17.5 Å².